The molecule has 0 bridgehead atoms. The molecule has 0 saturated carbocycles. The zero-order chi connectivity index (χ0) is 30.0. The minimum atomic E-state index is 0. The van der Waals surface area contributed by atoms with E-state index in [0.29, 0.717) is 40.0 Å². The summed E-state index contributed by atoms with van der Waals surface area (Å²) >= 11 is 0. The van der Waals surface area contributed by atoms with Crippen molar-refractivity contribution in [2.75, 3.05) is 0 Å². The molecule has 4 aromatic heterocycles. The second-order valence-corrected chi connectivity index (χ2v) is 9.94. The van der Waals surface area contributed by atoms with E-state index >= 15 is 0 Å². The largest absolute Gasteiger partial charge is 2.00 e. The maximum atomic E-state index is 6.23. The molecule has 8 nitrogen and oxygen atoms in total. The van der Waals surface area contributed by atoms with Gasteiger partial charge in [-0.15, -0.1) is 76.9 Å². The van der Waals surface area contributed by atoms with Gasteiger partial charge < -0.3 is 24.0 Å². The molecule has 0 N–H and O–H groups in total. The van der Waals surface area contributed by atoms with Crippen molar-refractivity contribution in [3.05, 3.63) is 146 Å². The van der Waals surface area contributed by atoms with Crippen molar-refractivity contribution < 1.29 is 51.6 Å². The van der Waals surface area contributed by atoms with Crippen molar-refractivity contribution in [3.63, 3.8) is 0 Å². The Balaban J connectivity index is 0.00000193. The number of rotatable bonds is 7. The summed E-state index contributed by atoms with van der Waals surface area (Å²) in [6, 6.07) is 44.1. The Bertz CT molecular complexity index is 2140. The molecule has 4 aromatic carbocycles. The summed E-state index contributed by atoms with van der Waals surface area (Å²) in [5, 5.41) is 10.2. The van der Waals surface area contributed by atoms with Crippen molar-refractivity contribution in [2.24, 2.45) is 0 Å². The molecule has 0 atom stereocenters. The van der Waals surface area contributed by atoms with Gasteiger partial charge in [-0.3, -0.25) is 0 Å². The van der Waals surface area contributed by atoms with Crippen LogP contribution in [0.15, 0.2) is 122 Å². The quantitative estimate of drug-likeness (QED) is 0.150. The van der Waals surface area contributed by atoms with Crippen LogP contribution in [0.3, 0.4) is 0 Å². The third-order valence-corrected chi connectivity index (χ3v) is 7.06. The van der Waals surface area contributed by atoms with Crippen LogP contribution in [0.4, 0.5) is 0 Å². The Morgan fingerprint density at radius 3 is 1.47 bits per heavy atom. The predicted molar refractivity (Wildman–Crippen MR) is 169 cm³/mol. The first-order valence-corrected chi connectivity index (χ1v) is 14.1. The third-order valence-electron chi connectivity index (χ3n) is 7.06. The Labute approximate surface area is 299 Å². The van der Waals surface area contributed by atoms with Gasteiger partial charge in [0.1, 0.15) is 0 Å². The summed E-state index contributed by atoms with van der Waals surface area (Å²) in [6.45, 7) is 0. The van der Waals surface area contributed by atoms with Crippen molar-refractivity contribution in [1.82, 2.24) is 29.7 Å². The van der Waals surface area contributed by atoms with Crippen LogP contribution in [0.1, 0.15) is 0 Å². The van der Waals surface area contributed by atoms with Crippen molar-refractivity contribution in [1.29, 1.82) is 0 Å². The van der Waals surface area contributed by atoms with Crippen LogP contribution in [0.5, 0.6) is 23.0 Å². The molecule has 0 unspecified atom stereocenters. The van der Waals surface area contributed by atoms with Crippen LogP contribution >= 0.6 is 0 Å². The molecule has 0 amide bonds. The number of aromatic nitrogens is 6. The van der Waals surface area contributed by atoms with Gasteiger partial charge in [0, 0.05) is 35.4 Å². The molecule has 0 fully saturated rings. The summed E-state index contributed by atoms with van der Waals surface area (Å²) < 4.78 is 14.3. The molecule has 0 spiro atoms. The minimum absolute atomic E-state index is 0. The summed E-state index contributed by atoms with van der Waals surface area (Å²) in [4.78, 5) is 13.3. The number of nitrogens with zero attached hydrogens (tertiary/aromatic N) is 6. The molecule has 230 valence electrons. The van der Waals surface area contributed by atoms with E-state index in [1.807, 2.05) is 102 Å². The maximum Gasteiger partial charge on any atom is 2.00 e. The summed E-state index contributed by atoms with van der Waals surface area (Å²) in [5.41, 5.74) is 4.69. The van der Waals surface area contributed by atoms with Crippen LogP contribution in [-0.2, 0) is 42.1 Å². The molecule has 47 heavy (non-hydrogen) atoms. The normalized spacial score (nSPS) is 10.6. The monoisotopic (exact) mass is 970 g/mol. The van der Waals surface area contributed by atoms with Crippen LogP contribution in [-0.4, -0.2) is 29.7 Å². The molecule has 0 aliphatic rings. The number of ether oxygens (including phenoxy) is 2. The van der Waals surface area contributed by atoms with E-state index in [-0.39, 0.29) is 42.1 Å². The Morgan fingerprint density at radius 1 is 0.468 bits per heavy atom. The Hall–Kier alpha value is -5.03. The zero-order valence-electron chi connectivity index (χ0n) is 24.2. The Kier molecular flexibility index (Phi) is 9.62. The average Bonchev–Trinajstić information content (AvgIpc) is 3.42. The summed E-state index contributed by atoms with van der Waals surface area (Å²) in [6.07, 6.45) is 6.63. The number of pyridine rings is 2. The van der Waals surface area contributed by atoms with Gasteiger partial charge in [0.2, 0.25) is 0 Å². The first-order chi connectivity index (χ1) is 22.3. The minimum Gasteiger partial charge on any atom is -0.503 e. The van der Waals surface area contributed by atoms with Gasteiger partial charge in [-0.25, -0.2) is 4.98 Å². The molecular formula is C37H20N6O2Pt2. The van der Waals surface area contributed by atoms with E-state index in [1.54, 1.807) is 18.6 Å². The fourth-order valence-corrected chi connectivity index (χ4v) is 5.08. The smallest absolute Gasteiger partial charge is 0.503 e. The molecule has 4 heterocycles. The van der Waals surface area contributed by atoms with E-state index in [2.05, 4.69) is 49.4 Å². The van der Waals surface area contributed by atoms with Crippen molar-refractivity contribution in [2.45, 2.75) is 0 Å². The summed E-state index contributed by atoms with van der Waals surface area (Å²) in [5.74, 6) is 2.46. The molecule has 0 aliphatic carbocycles. The van der Waals surface area contributed by atoms with Crippen LogP contribution in [0.25, 0.3) is 50.3 Å². The third kappa shape index (κ3) is 6.62. The van der Waals surface area contributed by atoms with Crippen molar-refractivity contribution >= 4 is 21.8 Å². The van der Waals surface area contributed by atoms with Gasteiger partial charge in [-0.1, -0.05) is 47.4 Å². The SMILES string of the molecule is [Pt+2].[Pt+2].[c-]1c(Oc2[c-]c3c(cc2)c2ccc(Oc4[c-]c(-c5ccccn5)ccc4)[c-]c2n3-c2nccnn2)cccc1-c1ccccn1. The Morgan fingerprint density at radius 2 is 1.00 bits per heavy atom. The fraction of sp³-hybridized carbons (Fsp3) is 0. The topological polar surface area (TPSA) is 87.8 Å². The number of hydrogen-bond donors (Lipinski definition) is 0. The van der Waals surface area contributed by atoms with Gasteiger partial charge in [0.25, 0.3) is 5.95 Å². The van der Waals surface area contributed by atoms with E-state index < -0.39 is 0 Å². The van der Waals surface area contributed by atoms with E-state index in [4.69, 9.17) is 9.47 Å². The fourth-order valence-electron chi connectivity index (χ4n) is 5.08. The average molecular weight is 971 g/mol. The second-order valence-electron chi connectivity index (χ2n) is 9.94. The summed E-state index contributed by atoms with van der Waals surface area (Å²) in [7, 11) is 0. The second kappa shape index (κ2) is 14.2. The van der Waals surface area contributed by atoms with Gasteiger partial charge in [-0.2, -0.15) is 28.0 Å². The molecular weight excluding hydrogens is 951 g/mol. The molecule has 0 saturated heterocycles. The first kappa shape index (κ1) is 31.9. The predicted octanol–water partition coefficient (Wildman–Crippen LogP) is 7.87. The maximum absolute atomic E-state index is 6.23. The van der Waals surface area contributed by atoms with Gasteiger partial charge in [0.15, 0.2) is 0 Å². The standard InChI is InChI=1S/C37H20N6O2.2Pt/c1-3-17-38-33(11-1)25-7-5-9-27(21-25)44-29-13-15-31-32-16-14-30(24-36(32)43(35(31)23-29)37-40-19-20-41-42-37)45-28-10-6-8-26(22-28)34-12-2-4-18-39-34;;/h1-20H;;/q-4;2*+2. The van der Waals surface area contributed by atoms with E-state index in [9.17, 15) is 0 Å². The molecule has 0 aliphatic heterocycles. The molecule has 0 radical (unpaired) electrons. The van der Waals surface area contributed by atoms with Gasteiger partial charge >= 0.3 is 42.1 Å². The van der Waals surface area contributed by atoms with E-state index in [0.717, 1.165) is 33.3 Å². The first-order valence-electron chi connectivity index (χ1n) is 14.1. The van der Waals surface area contributed by atoms with Gasteiger partial charge in [0.05, 0.1) is 12.4 Å². The number of fused-ring (bicyclic) bond motifs is 3. The van der Waals surface area contributed by atoms with E-state index in [1.165, 1.54) is 6.20 Å². The van der Waals surface area contributed by atoms with Crippen LogP contribution < -0.4 is 9.47 Å². The molecule has 10 heteroatoms. The molecule has 8 rings (SSSR count). The zero-order valence-corrected chi connectivity index (χ0v) is 28.7. The van der Waals surface area contributed by atoms with Gasteiger partial charge in [-0.05, 0) is 23.5 Å². The van der Waals surface area contributed by atoms with Crippen LogP contribution in [0, 0.1) is 24.3 Å². The molecule has 8 aromatic rings. The van der Waals surface area contributed by atoms with Crippen molar-refractivity contribution in [3.8, 4) is 51.5 Å². The number of hydrogen-bond acceptors (Lipinski definition) is 7. The van der Waals surface area contributed by atoms with Crippen LogP contribution in [0.2, 0.25) is 0 Å². The number of benzene rings is 4.